The van der Waals surface area contributed by atoms with Crippen molar-refractivity contribution in [2.75, 3.05) is 32.8 Å². The summed E-state index contributed by atoms with van der Waals surface area (Å²) in [6, 6.07) is 5.37. The number of carboxylic acid groups (broad SMARTS) is 1. The minimum atomic E-state index is -0.916. The third-order valence-corrected chi connectivity index (χ3v) is 3.93. The Morgan fingerprint density at radius 2 is 2.19 bits per heavy atom. The number of rotatable bonds is 4. The zero-order valence-corrected chi connectivity index (χ0v) is 12.0. The lowest BCUT2D eigenvalue weighted by Gasteiger charge is -2.29. The van der Waals surface area contributed by atoms with E-state index in [9.17, 15) is 9.90 Å². The number of fused-ring (bicyclic) bond motifs is 1. The van der Waals surface area contributed by atoms with Crippen molar-refractivity contribution in [2.24, 2.45) is 0 Å². The summed E-state index contributed by atoms with van der Waals surface area (Å²) in [7, 11) is 0. The molecule has 1 aromatic carbocycles. The van der Waals surface area contributed by atoms with Crippen LogP contribution in [0.4, 0.5) is 0 Å². The summed E-state index contributed by atoms with van der Waals surface area (Å²) in [4.78, 5) is 18.1. The molecule has 1 atom stereocenters. The first kappa shape index (κ1) is 14.0. The zero-order valence-electron chi connectivity index (χ0n) is 12.0. The molecule has 1 aliphatic rings. The Morgan fingerprint density at radius 1 is 1.43 bits per heavy atom. The Hall–Kier alpha value is -1.92. The molecule has 6 heteroatoms. The van der Waals surface area contributed by atoms with Crippen molar-refractivity contribution in [3.05, 3.63) is 30.1 Å². The van der Waals surface area contributed by atoms with Crippen LogP contribution in [0.3, 0.4) is 0 Å². The van der Waals surface area contributed by atoms with Crippen molar-refractivity contribution >= 4 is 17.0 Å². The summed E-state index contributed by atoms with van der Waals surface area (Å²) >= 11 is 0. The van der Waals surface area contributed by atoms with Gasteiger partial charge >= 0.3 is 5.97 Å². The predicted octanol–water partition coefficient (Wildman–Crippen LogP) is 1.63. The second kappa shape index (κ2) is 5.83. The molecule has 1 aromatic heterocycles. The molecule has 21 heavy (non-hydrogen) atoms. The van der Waals surface area contributed by atoms with E-state index in [1.54, 1.807) is 18.5 Å². The largest absolute Gasteiger partial charge is 0.478 e. The average Bonchev–Trinajstić information content (AvgIpc) is 2.92. The van der Waals surface area contributed by atoms with Gasteiger partial charge < -0.3 is 14.4 Å². The molecule has 3 rings (SSSR count). The summed E-state index contributed by atoms with van der Waals surface area (Å²) in [5.74, 6) is -0.916. The van der Waals surface area contributed by atoms with Gasteiger partial charge in [-0.3, -0.25) is 4.90 Å². The predicted molar refractivity (Wildman–Crippen MR) is 78.7 cm³/mol. The maximum atomic E-state index is 11.4. The highest BCUT2D eigenvalue weighted by molar-refractivity contribution is 6.01. The van der Waals surface area contributed by atoms with Crippen LogP contribution in [-0.2, 0) is 4.74 Å². The number of ether oxygens (including phenoxy) is 1. The molecular weight excluding hydrogens is 270 g/mol. The van der Waals surface area contributed by atoms with Gasteiger partial charge in [0.1, 0.15) is 0 Å². The van der Waals surface area contributed by atoms with E-state index in [1.807, 2.05) is 10.6 Å². The van der Waals surface area contributed by atoms with E-state index in [0.29, 0.717) is 11.1 Å². The molecular formula is C15H19N3O3. The number of benzene rings is 1. The second-order valence-corrected chi connectivity index (χ2v) is 5.39. The molecule has 0 spiro atoms. The highest BCUT2D eigenvalue weighted by Gasteiger charge is 2.19. The van der Waals surface area contributed by atoms with Crippen LogP contribution in [-0.4, -0.2) is 58.4 Å². The molecule has 1 unspecified atom stereocenters. The van der Waals surface area contributed by atoms with E-state index < -0.39 is 5.97 Å². The Morgan fingerprint density at radius 3 is 2.90 bits per heavy atom. The van der Waals surface area contributed by atoms with E-state index in [-0.39, 0.29) is 6.04 Å². The van der Waals surface area contributed by atoms with Crippen LogP contribution in [0.5, 0.6) is 0 Å². The lowest BCUT2D eigenvalue weighted by molar-refractivity contribution is 0.0327. The summed E-state index contributed by atoms with van der Waals surface area (Å²) in [6.07, 6.45) is 1.74. The SMILES string of the molecule is CC(CN1CCOCC1)n1cnc2cccc(C(=O)O)c21. The standard InChI is InChI=1S/C15H19N3O3/c1-11(9-17-5-7-21-8-6-17)18-10-16-13-4-2-3-12(14(13)18)15(19)20/h2-4,10-11H,5-9H2,1H3,(H,19,20). The van der Waals surface area contributed by atoms with Gasteiger partial charge in [-0.25, -0.2) is 9.78 Å². The van der Waals surface area contributed by atoms with Crippen molar-refractivity contribution in [3.8, 4) is 0 Å². The second-order valence-electron chi connectivity index (χ2n) is 5.39. The van der Waals surface area contributed by atoms with Crippen LogP contribution >= 0.6 is 0 Å². The van der Waals surface area contributed by atoms with Crippen molar-refractivity contribution < 1.29 is 14.6 Å². The highest BCUT2D eigenvalue weighted by Crippen LogP contribution is 2.22. The quantitative estimate of drug-likeness (QED) is 0.926. The Bertz CT molecular complexity index is 647. The molecule has 0 saturated carbocycles. The fraction of sp³-hybridized carbons (Fsp3) is 0.467. The monoisotopic (exact) mass is 289 g/mol. The van der Waals surface area contributed by atoms with Crippen molar-refractivity contribution in [1.82, 2.24) is 14.5 Å². The number of nitrogens with zero attached hydrogens (tertiary/aromatic N) is 3. The van der Waals surface area contributed by atoms with Crippen LogP contribution in [0.1, 0.15) is 23.3 Å². The van der Waals surface area contributed by atoms with Gasteiger partial charge in [0.05, 0.1) is 36.1 Å². The van der Waals surface area contributed by atoms with Gasteiger partial charge in [-0.1, -0.05) is 6.07 Å². The molecule has 0 radical (unpaired) electrons. The zero-order chi connectivity index (χ0) is 14.8. The van der Waals surface area contributed by atoms with E-state index in [2.05, 4.69) is 16.8 Å². The van der Waals surface area contributed by atoms with Gasteiger partial charge in [-0.15, -0.1) is 0 Å². The topological polar surface area (TPSA) is 67.6 Å². The summed E-state index contributed by atoms with van der Waals surface area (Å²) < 4.78 is 7.32. The number of hydrogen-bond donors (Lipinski definition) is 1. The molecule has 0 bridgehead atoms. The molecule has 6 nitrogen and oxygen atoms in total. The van der Waals surface area contributed by atoms with Crippen molar-refractivity contribution in [2.45, 2.75) is 13.0 Å². The molecule has 1 N–H and O–H groups in total. The molecule has 2 heterocycles. The van der Waals surface area contributed by atoms with Crippen LogP contribution in [0, 0.1) is 0 Å². The van der Waals surface area contributed by atoms with Gasteiger partial charge in [0.2, 0.25) is 0 Å². The number of imidazole rings is 1. The Kier molecular flexibility index (Phi) is 3.90. The molecule has 1 aliphatic heterocycles. The number of carboxylic acids is 1. The first-order chi connectivity index (χ1) is 10.2. The third-order valence-electron chi connectivity index (χ3n) is 3.93. The van der Waals surface area contributed by atoms with Crippen LogP contribution in [0.25, 0.3) is 11.0 Å². The fourth-order valence-corrected chi connectivity index (χ4v) is 2.84. The van der Waals surface area contributed by atoms with Crippen LogP contribution in [0.15, 0.2) is 24.5 Å². The van der Waals surface area contributed by atoms with Crippen LogP contribution < -0.4 is 0 Å². The van der Waals surface area contributed by atoms with Gasteiger partial charge in [0, 0.05) is 25.7 Å². The first-order valence-corrected chi connectivity index (χ1v) is 7.16. The van der Waals surface area contributed by atoms with E-state index in [4.69, 9.17) is 4.74 Å². The maximum absolute atomic E-state index is 11.4. The normalized spacial score (nSPS) is 18.0. The maximum Gasteiger partial charge on any atom is 0.337 e. The summed E-state index contributed by atoms with van der Waals surface area (Å²) in [5.41, 5.74) is 1.73. The molecule has 1 saturated heterocycles. The summed E-state index contributed by atoms with van der Waals surface area (Å²) in [6.45, 7) is 6.32. The van der Waals surface area contributed by atoms with E-state index in [0.717, 1.165) is 38.4 Å². The highest BCUT2D eigenvalue weighted by atomic mass is 16.5. The molecule has 2 aromatic rings. The first-order valence-electron chi connectivity index (χ1n) is 7.16. The average molecular weight is 289 g/mol. The number of aromatic nitrogens is 2. The third kappa shape index (κ3) is 2.77. The van der Waals surface area contributed by atoms with Gasteiger partial charge in [-0.05, 0) is 19.1 Å². The Balaban J connectivity index is 1.90. The van der Waals surface area contributed by atoms with Crippen molar-refractivity contribution in [1.29, 1.82) is 0 Å². The Labute approximate surface area is 122 Å². The number of aromatic carboxylic acids is 1. The number of carbonyl (C=O) groups is 1. The van der Waals surface area contributed by atoms with Gasteiger partial charge in [0.15, 0.2) is 0 Å². The smallest absolute Gasteiger partial charge is 0.337 e. The van der Waals surface area contributed by atoms with Gasteiger partial charge in [-0.2, -0.15) is 0 Å². The van der Waals surface area contributed by atoms with E-state index >= 15 is 0 Å². The van der Waals surface area contributed by atoms with Crippen LogP contribution in [0.2, 0.25) is 0 Å². The summed E-state index contributed by atoms with van der Waals surface area (Å²) in [5, 5.41) is 9.36. The minimum Gasteiger partial charge on any atom is -0.478 e. The fourth-order valence-electron chi connectivity index (χ4n) is 2.84. The minimum absolute atomic E-state index is 0.161. The lowest BCUT2D eigenvalue weighted by Crippen LogP contribution is -2.39. The van der Waals surface area contributed by atoms with E-state index in [1.165, 1.54) is 0 Å². The molecule has 0 amide bonds. The van der Waals surface area contributed by atoms with Crippen molar-refractivity contribution in [3.63, 3.8) is 0 Å². The number of hydrogen-bond acceptors (Lipinski definition) is 4. The number of morpholine rings is 1. The van der Waals surface area contributed by atoms with Gasteiger partial charge in [0.25, 0.3) is 0 Å². The molecule has 112 valence electrons. The molecule has 1 fully saturated rings. The lowest BCUT2D eigenvalue weighted by atomic mass is 10.1. The molecule has 0 aliphatic carbocycles. The number of para-hydroxylation sites is 1.